The van der Waals surface area contributed by atoms with Crippen molar-refractivity contribution in [2.45, 2.75) is 65.0 Å². The summed E-state index contributed by atoms with van der Waals surface area (Å²) in [4.78, 5) is 7.38. The Labute approximate surface area is 174 Å². The number of hydrogen-bond donors (Lipinski definition) is 1. The number of rotatable bonds is 4. The van der Waals surface area contributed by atoms with E-state index in [4.69, 9.17) is 4.99 Å². The zero-order chi connectivity index (χ0) is 20.1. The van der Waals surface area contributed by atoms with Gasteiger partial charge in [-0.1, -0.05) is 43.7 Å². The van der Waals surface area contributed by atoms with Crippen LogP contribution in [0.25, 0.3) is 0 Å². The standard InChI is InChI=1S/C23H34N6/c1-3-24-23(25-16-22-27-26-21-12-8-5-9-14-29(21)22)28-15-13-20(18(2)17-28)19-10-6-4-7-11-19/h4,6-7,10-11,18,20H,3,5,8-9,12-17H2,1-2H3,(H,24,25). The second-order valence-electron chi connectivity index (χ2n) is 8.39. The van der Waals surface area contributed by atoms with Crippen molar-refractivity contribution in [3.8, 4) is 0 Å². The highest BCUT2D eigenvalue weighted by Gasteiger charge is 2.28. The van der Waals surface area contributed by atoms with Crippen LogP contribution < -0.4 is 5.32 Å². The Morgan fingerprint density at radius 3 is 2.79 bits per heavy atom. The number of nitrogens with zero attached hydrogens (tertiary/aromatic N) is 5. The largest absolute Gasteiger partial charge is 0.357 e. The quantitative estimate of drug-likeness (QED) is 0.636. The van der Waals surface area contributed by atoms with Crippen LogP contribution in [-0.2, 0) is 19.5 Å². The first-order chi connectivity index (χ1) is 14.3. The maximum atomic E-state index is 4.96. The summed E-state index contributed by atoms with van der Waals surface area (Å²) >= 11 is 0. The Bertz CT molecular complexity index is 812. The highest BCUT2D eigenvalue weighted by atomic mass is 15.3. The third kappa shape index (κ3) is 4.62. The Morgan fingerprint density at radius 2 is 2.00 bits per heavy atom. The van der Waals surface area contributed by atoms with E-state index in [0.717, 1.165) is 56.6 Å². The lowest BCUT2D eigenvalue weighted by atomic mass is 9.82. The predicted octanol–water partition coefficient (Wildman–Crippen LogP) is 3.60. The summed E-state index contributed by atoms with van der Waals surface area (Å²) in [5.41, 5.74) is 1.47. The van der Waals surface area contributed by atoms with Gasteiger partial charge in [0, 0.05) is 32.6 Å². The summed E-state index contributed by atoms with van der Waals surface area (Å²) in [6.07, 6.45) is 5.92. The van der Waals surface area contributed by atoms with Crippen molar-refractivity contribution >= 4 is 5.96 Å². The van der Waals surface area contributed by atoms with Crippen molar-refractivity contribution in [3.63, 3.8) is 0 Å². The molecule has 0 spiro atoms. The molecule has 1 aromatic heterocycles. The fourth-order valence-electron chi connectivity index (χ4n) is 4.77. The number of piperidine rings is 1. The third-order valence-corrected chi connectivity index (χ3v) is 6.32. The molecular weight excluding hydrogens is 360 g/mol. The Kier molecular flexibility index (Phi) is 6.47. The van der Waals surface area contributed by atoms with Gasteiger partial charge < -0.3 is 14.8 Å². The van der Waals surface area contributed by atoms with E-state index in [-0.39, 0.29) is 0 Å². The van der Waals surface area contributed by atoms with Crippen molar-refractivity contribution < 1.29 is 0 Å². The summed E-state index contributed by atoms with van der Waals surface area (Å²) in [7, 11) is 0. The van der Waals surface area contributed by atoms with Crippen molar-refractivity contribution in [1.82, 2.24) is 25.0 Å². The van der Waals surface area contributed by atoms with Gasteiger partial charge in [0.15, 0.2) is 11.8 Å². The maximum absolute atomic E-state index is 4.96. The molecule has 0 amide bonds. The topological polar surface area (TPSA) is 58.3 Å². The van der Waals surface area contributed by atoms with Gasteiger partial charge in [0.1, 0.15) is 12.4 Å². The van der Waals surface area contributed by atoms with Crippen LogP contribution in [0.1, 0.15) is 62.7 Å². The number of benzene rings is 1. The second kappa shape index (κ2) is 9.42. The van der Waals surface area contributed by atoms with Gasteiger partial charge >= 0.3 is 0 Å². The van der Waals surface area contributed by atoms with Crippen LogP contribution in [0.4, 0.5) is 0 Å². The fourth-order valence-corrected chi connectivity index (χ4v) is 4.77. The van der Waals surface area contributed by atoms with Crippen molar-refractivity contribution in [2.24, 2.45) is 10.9 Å². The van der Waals surface area contributed by atoms with E-state index in [1.54, 1.807) is 0 Å². The van der Waals surface area contributed by atoms with Gasteiger partial charge in [-0.05, 0) is 43.6 Å². The average molecular weight is 395 g/mol. The molecule has 4 rings (SSSR count). The van der Waals surface area contributed by atoms with Crippen LogP contribution in [0.3, 0.4) is 0 Å². The molecule has 0 radical (unpaired) electrons. The Hall–Kier alpha value is -2.37. The number of hydrogen-bond acceptors (Lipinski definition) is 3. The van der Waals surface area contributed by atoms with Crippen LogP contribution in [0.2, 0.25) is 0 Å². The molecule has 1 fully saturated rings. The monoisotopic (exact) mass is 394 g/mol. The lowest BCUT2D eigenvalue weighted by molar-refractivity contribution is 0.234. The fraction of sp³-hybridized carbons (Fsp3) is 0.609. The predicted molar refractivity (Wildman–Crippen MR) is 117 cm³/mol. The number of aromatic nitrogens is 3. The molecule has 1 saturated heterocycles. The number of nitrogens with one attached hydrogen (secondary N) is 1. The number of aryl methyl sites for hydroxylation is 1. The van der Waals surface area contributed by atoms with E-state index >= 15 is 0 Å². The molecule has 1 N–H and O–H groups in total. The van der Waals surface area contributed by atoms with Gasteiger partial charge in [-0.15, -0.1) is 10.2 Å². The summed E-state index contributed by atoms with van der Waals surface area (Å²) < 4.78 is 2.30. The zero-order valence-electron chi connectivity index (χ0n) is 17.8. The molecule has 2 aliphatic heterocycles. The molecule has 29 heavy (non-hydrogen) atoms. The van der Waals surface area contributed by atoms with Gasteiger partial charge in [-0.2, -0.15) is 0 Å². The molecule has 156 valence electrons. The summed E-state index contributed by atoms with van der Waals surface area (Å²) in [5, 5.41) is 12.4. The molecule has 2 atom stereocenters. The first kappa shape index (κ1) is 19.9. The molecule has 2 aromatic rings. The van der Waals surface area contributed by atoms with Crippen LogP contribution >= 0.6 is 0 Å². The van der Waals surface area contributed by atoms with Gasteiger partial charge in [0.2, 0.25) is 0 Å². The zero-order valence-corrected chi connectivity index (χ0v) is 17.8. The van der Waals surface area contributed by atoms with E-state index in [9.17, 15) is 0 Å². The highest BCUT2D eigenvalue weighted by molar-refractivity contribution is 5.80. The van der Waals surface area contributed by atoms with Crippen molar-refractivity contribution in [1.29, 1.82) is 0 Å². The van der Waals surface area contributed by atoms with E-state index in [0.29, 0.717) is 18.4 Å². The molecular formula is C23H34N6. The first-order valence-electron chi connectivity index (χ1n) is 11.3. The van der Waals surface area contributed by atoms with Crippen LogP contribution in [0.5, 0.6) is 0 Å². The molecule has 0 aliphatic carbocycles. The number of fused-ring (bicyclic) bond motifs is 1. The molecule has 2 unspecified atom stereocenters. The van der Waals surface area contributed by atoms with Crippen LogP contribution in [0, 0.1) is 5.92 Å². The van der Waals surface area contributed by atoms with Crippen LogP contribution in [-0.4, -0.2) is 45.3 Å². The minimum Gasteiger partial charge on any atom is -0.357 e. The molecule has 0 bridgehead atoms. The SMILES string of the molecule is CCNC(=NCc1nnc2n1CCCCC2)N1CCC(c2ccccc2)C(C)C1. The van der Waals surface area contributed by atoms with Gasteiger partial charge in [-0.3, -0.25) is 0 Å². The van der Waals surface area contributed by atoms with E-state index < -0.39 is 0 Å². The number of likely N-dealkylation sites (tertiary alicyclic amines) is 1. The number of guanidine groups is 1. The van der Waals surface area contributed by atoms with Crippen LogP contribution in [0.15, 0.2) is 35.3 Å². The average Bonchev–Trinajstić information content (AvgIpc) is 2.97. The van der Waals surface area contributed by atoms with Gasteiger partial charge in [0.05, 0.1) is 0 Å². The molecule has 1 aromatic carbocycles. The Morgan fingerprint density at radius 1 is 1.14 bits per heavy atom. The Balaban J connectivity index is 1.45. The molecule has 2 aliphatic rings. The summed E-state index contributed by atoms with van der Waals surface area (Å²) in [6.45, 7) is 9.08. The minimum absolute atomic E-state index is 0.597. The first-order valence-corrected chi connectivity index (χ1v) is 11.3. The lowest BCUT2D eigenvalue weighted by Gasteiger charge is -2.39. The smallest absolute Gasteiger partial charge is 0.194 e. The van der Waals surface area contributed by atoms with Gasteiger partial charge in [0.25, 0.3) is 0 Å². The molecule has 6 heteroatoms. The minimum atomic E-state index is 0.597. The second-order valence-corrected chi connectivity index (χ2v) is 8.39. The van der Waals surface area contributed by atoms with Crippen molar-refractivity contribution in [2.75, 3.05) is 19.6 Å². The van der Waals surface area contributed by atoms with E-state index in [2.05, 4.69) is 69.2 Å². The normalized spacial score (nSPS) is 22.8. The molecule has 6 nitrogen and oxygen atoms in total. The van der Waals surface area contributed by atoms with Crippen molar-refractivity contribution in [3.05, 3.63) is 47.5 Å². The lowest BCUT2D eigenvalue weighted by Crippen LogP contribution is -2.48. The number of aliphatic imine (C=N–C) groups is 1. The highest BCUT2D eigenvalue weighted by Crippen LogP contribution is 2.32. The maximum Gasteiger partial charge on any atom is 0.194 e. The van der Waals surface area contributed by atoms with E-state index in [1.165, 1.54) is 24.8 Å². The third-order valence-electron chi connectivity index (χ3n) is 6.32. The molecule has 0 saturated carbocycles. The summed E-state index contributed by atoms with van der Waals surface area (Å²) in [5.74, 6) is 4.37. The summed E-state index contributed by atoms with van der Waals surface area (Å²) in [6, 6.07) is 11.0. The molecule has 3 heterocycles. The van der Waals surface area contributed by atoms with Gasteiger partial charge in [-0.25, -0.2) is 4.99 Å². The van der Waals surface area contributed by atoms with E-state index in [1.807, 2.05) is 0 Å².